The molecule has 2 aromatic heterocycles. The van der Waals surface area contributed by atoms with Gasteiger partial charge in [0.25, 0.3) is 10.0 Å². The van der Waals surface area contributed by atoms with Crippen molar-refractivity contribution in [3.8, 4) is 11.8 Å². The third-order valence-corrected chi connectivity index (χ3v) is 5.66. The Labute approximate surface area is 167 Å². The number of nitrogens with one attached hydrogen (secondary N) is 2. The Morgan fingerprint density at radius 2 is 1.86 bits per heavy atom. The molecule has 150 valence electrons. The predicted octanol–water partition coefficient (Wildman–Crippen LogP) is 3.35. The summed E-state index contributed by atoms with van der Waals surface area (Å²) < 4.78 is 64.2. The SMILES string of the molecule is COc1nc(NS(=O)(=O)c2c[nH]c3cc(Br)ccc23)nc(OC)c1CC(F)F. The van der Waals surface area contributed by atoms with Gasteiger partial charge in [-0.1, -0.05) is 22.0 Å². The molecule has 0 saturated heterocycles. The van der Waals surface area contributed by atoms with Crippen molar-refractivity contribution in [2.45, 2.75) is 17.7 Å². The van der Waals surface area contributed by atoms with Crippen LogP contribution in [0.3, 0.4) is 0 Å². The van der Waals surface area contributed by atoms with Crippen molar-refractivity contribution in [3.63, 3.8) is 0 Å². The Bertz CT molecular complexity index is 1100. The number of anilines is 1. The molecular weight excluding hydrogens is 462 g/mol. The van der Waals surface area contributed by atoms with Gasteiger partial charge in [0.05, 0.1) is 19.8 Å². The van der Waals surface area contributed by atoms with E-state index in [-0.39, 0.29) is 28.2 Å². The molecule has 3 aromatic rings. The smallest absolute Gasteiger partial charge is 0.266 e. The molecule has 2 heterocycles. The van der Waals surface area contributed by atoms with Gasteiger partial charge in [0.1, 0.15) is 4.90 Å². The summed E-state index contributed by atoms with van der Waals surface area (Å²) in [6, 6.07) is 5.07. The highest BCUT2D eigenvalue weighted by atomic mass is 79.9. The lowest BCUT2D eigenvalue weighted by Gasteiger charge is -2.13. The summed E-state index contributed by atoms with van der Waals surface area (Å²) in [6.45, 7) is 0. The van der Waals surface area contributed by atoms with Gasteiger partial charge in [0, 0.05) is 28.0 Å². The van der Waals surface area contributed by atoms with Gasteiger partial charge in [0.15, 0.2) is 0 Å². The fraction of sp³-hybridized carbons (Fsp3) is 0.250. The Kier molecular flexibility index (Phi) is 5.70. The first kappa shape index (κ1) is 20.3. The van der Waals surface area contributed by atoms with Crippen molar-refractivity contribution in [1.29, 1.82) is 0 Å². The number of ether oxygens (including phenoxy) is 2. The number of benzene rings is 1. The van der Waals surface area contributed by atoms with Crippen LogP contribution in [0.4, 0.5) is 14.7 Å². The van der Waals surface area contributed by atoms with E-state index in [2.05, 4.69) is 35.6 Å². The largest absolute Gasteiger partial charge is 0.481 e. The molecule has 2 N–H and O–H groups in total. The molecule has 0 spiro atoms. The van der Waals surface area contributed by atoms with E-state index in [4.69, 9.17) is 9.47 Å². The minimum Gasteiger partial charge on any atom is -0.481 e. The minimum atomic E-state index is -4.08. The number of aromatic amines is 1. The van der Waals surface area contributed by atoms with Crippen LogP contribution < -0.4 is 14.2 Å². The number of aromatic nitrogens is 3. The second-order valence-corrected chi connectivity index (χ2v) is 8.15. The molecule has 28 heavy (non-hydrogen) atoms. The number of methoxy groups -OCH3 is 2. The maximum absolute atomic E-state index is 12.8. The Balaban J connectivity index is 2.01. The normalized spacial score (nSPS) is 11.8. The van der Waals surface area contributed by atoms with E-state index in [0.29, 0.717) is 10.9 Å². The lowest BCUT2D eigenvalue weighted by atomic mass is 10.2. The van der Waals surface area contributed by atoms with E-state index < -0.39 is 22.9 Å². The molecule has 0 unspecified atom stereocenters. The van der Waals surface area contributed by atoms with Crippen LogP contribution in [0.2, 0.25) is 0 Å². The number of H-pyrrole nitrogens is 1. The first-order valence-corrected chi connectivity index (χ1v) is 10.1. The molecular formula is C16H15BrF2N4O4S. The molecule has 0 fully saturated rings. The highest BCUT2D eigenvalue weighted by Gasteiger charge is 2.24. The molecule has 0 saturated carbocycles. The standard InChI is InChI=1S/C16H15BrF2N4O4S/c1-26-14-10(6-13(18)19)15(27-2)22-16(21-14)23-28(24,25)12-7-20-11-5-8(17)3-4-9(11)12/h3-5,7,13,20H,6H2,1-2H3,(H,21,22,23). The van der Waals surface area contributed by atoms with Crippen molar-refractivity contribution in [3.05, 3.63) is 34.4 Å². The zero-order chi connectivity index (χ0) is 20.5. The van der Waals surface area contributed by atoms with Crippen molar-refractivity contribution in [2.24, 2.45) is 0 Å². The van der Waals surface area contributed by atoms with Crippen LogP contribution in [0.25, 0.3) is 10.9 Å². The molecule has 0 aliphatic heterocycles. The number of hydrogen-bond donors (Lipinski definition) is 2. The molecule has 3 rings (SSSR count). The van der Waals surface area contributed by atoms with Gasteiger partial charge in [-0.2, -0.15) is 9.97 Å². The number of alkyl halides is 2. The summed E-state index contributed by atoms with van der Waals surface area (Å²) in [6.07, 6.45) is -2.05. The topological polar surface area (TPSA) is 106 Å². The fourth-order valence-corrected chi connectivity index (χ4v) is 4.11. The number of fused-ring (bicyclic) bond motifs is 1. The molecule has 12 heteroatoms. The van der Waals surface area contributed by atoms with Crippen LogP contribution in [0, 0.1) is 0 Å². The second-order valence-electron chi connectivity index (χ2n) is 5.59. The van der Waals surface area contributed by atoms with Crippen LogP contribution in [0.5, 0.6) is 11.8 Å². The van der Waals surface area contributed by atoms with Gasteiger partial charge < -0.3 is 14.5 Å². The highest BCUT2D eigenvalue weighted by molar-refractivity contribution is 9.10. The van der Waals surface area contributed by atoms with E-state index in [1.54, 1.807) is 18.2 Å². The third-order valence-electron chi connectivity index (χ3n) is 3.80. The Morgan fingerprint density at radius 3 is 2.43 bits per heavy atom. The molecule has 0 amide bonds. The summed E-state index contributed by atoms with van der Waals surface area (Å²) >= 11 is 3.32. The molecule has 0 atom stereocenters. The quantitative estimate of drug-likeness (QED) is 0.541. The van der Waals surface area contributed by atoms with Crippen molar-refractivity contribution >= 4 is 42.8 Å². The maximum atomic E-state index is 12.8. The number of halogens is 3. The van der Waals surface area contributed by atoms with Gasteiger partial charge in [-0.15, -0.1) is 0 Å². The molecule has 8 nitrogen and oxygen atoms in total. The first-order valence-electron chi connectivity index (χ1n) is 7.81. The summed E-state index contributed by atoms with van der Waals surface area (Å²) in [4.78, 5) is 10.6. The summed E-state index contributed by atoms with van der Waals surface area (Å²) in [5, 5.41) is 0.462. The van der Waals surface area contributed by atoms with E-state index in [1.165, 1.54) is 20.4 Å². The number of rotatable bonds is 7. The molecule has 1 aromatic carbocycles. The zero-order valence-corrected chi connectivity index (χ0v) is 17.1. The number of hydrogen-bond acceptors (Lipinski definition) is 6. The Morgan fingerprint density at radius 1 is 1.21 bits per heavy atom. The average molecular weight is 477 g/mol. The highest BCUT2D eigenvalue weighted by Crippen LogP contribution is 2.31. The van der Waals surface area contributed by atoms with Crippen LogP contribution in [0.1, 0.15) is 5.56 Å². The van der Waals surface area contributed by atoms with Crippen LogP contribution in [0.15, 0.2) is 33.8 Å². The monoisotopic (exact) mass is 476 g/mol. The van der Waals surface area contributed by atoms with Gasteiger partial charge in [-0.05, 0) is 12.1 Å². The van der Waals surface area contributed by atoms with Gasteiger partial charge in [-0.3, -0.25) is 0 Å². The summed E-state index contributed by atoms with van der Waals surface area (Å²) in [5.41, 5.74) is 0.554. The van der Waals surface area contributed by atoms with Gasteiger partial charge in [-0.25, -0.2) is 21.9 Å². The molecule has 0 bridgehead atoms. The Hall–Kier alpha value is -2.47. The van der Waals surface area contributed by atoms with Crippen molar-refractivity contribution in [2.75, 3.05) is 18.9 Å². The van der Waals surface area contributed by atoms with Gasteiger partial charge in [0.2, 0.25) is 24.1 Å². The molecule has 0 aliphatic carbocycles. The van der Waals surface area contributed by atoms with Gasteiger partial charge >= 0.3 is 0 Å². The lowest BCUT2D eigenvalue weighted by molar-refractivity contribution is 0.146. The van der Waals surface area contributed by atoms with Crippen molar-refractivity contribution in [1.82, 2.24) is 15.0 Å². The summed E-state index contributed by atoms with van der Waals surface area (Å²) in [7, 11) is -1.62. The average Bonchev–Trinajstić information content (AvgIpc) is 3.05. The van der Waals surface area contributed by atoms with E-state index in [0.717, 1.165) is 4.47 Å². The first-order chi connectivity index (χ1) is 13.2. The predicted molar refractivity (Wildman–Crippen MR) is 102 cm³/mol. The molecule has 0 aliphatic rings. The minimum absolute atomic E-state index is 0.0202. The van der Waals surface area contributed by atoms with Crippen LogP contribution in [-0.4, -0.2) is 44.0 Å². The fourth-order valence-electron chi connectivity index (χ4n) is 2.63. The summed E-state index contributed by atoms with van der Waals surface area (Å²) in [5.74, 6) is -0.765. The zero-order valence-electron chi connectivity index (χ0n) is 14.7. The lowest BCUT2D eigenvalue weighted by Crippen LogP contribution is -2.16. The van der Waals surface area contributed by atoms with E-state index >= 15 is 0 Å². The van der Waals surface area contributed by atoms with Crippen molar-refractivity contribution < 1.29 is 26.7 Å². The number of nitrogens with zero attached hydrogens (tertiary/aromatic N) is 2. The van der Waals surface area contributed by atoms with Crippen LogP contribution in [-0.2, 0) is 16.4 Å². The molecule has 0 radical (unpaired) electrons. The van der Waals surface area contributed by atoms with E-state index in [1.807, 2.05) is 0 Å². The van der Waals surface area contributed by atoms with Crippen LogP contribution >= 0.6 is 15.9 Å². The second kappa shape index (κ2) is 7.87. The third kappa shape index (κ3) is 4.02. The van der Waals surface area contributed by atoms with E-state index in [9.17, 15) is 17.2 Å². The number of sulfonamides is 1. The maximum Gasteiger partial charge on any atom is 0.266 e.